The molecule has 1 aliphatic rings. The lowest BCUT2D eigenvalue weighted by Crippen LogP contribution is -2.39. The van der Waals surface area contributed by atoms with Crippen LogP contribution in [-0.2, 0) is 4.74 Å². The van der Waals surface area contributed by atoms with Gasteiger partial charge in [-0.05, 0) is 26.0 Å². The number of aryl methyl sites for hydroxylation is 2. The number of hydrogen-bond donors (Lipinski definition) is 0. The van der Waals surface area contributed by atoms with E-state index in [1.807, 2.05) is 32.0 Å². The Labute approximate surface area is 150 Å². The van der Waals surface area contributed by atoms with Gasteiger partial charge in [0.2, 0.25) is 0 Å². The van der Waals surface area contributed by atoms with Gasteiger partial charge in [0.15, 0.2) is 0 Å². The molecule has 0 bridgehead atoms. The largest absolute Gasteiger partial charge is 0.367 e. The lowest BCUT2D eigenvalue weighted by molar-refractivity contribution is 0.0393. The van der Waals surface area contributed by atoms with E-state index in [0.717, 1.165) is 46.7 Å². The fourth-order valence-corrected chi connectivity index (χ4v) is 3.75. The Bertz CT molecular complexity index is 867. The van der Waals surface area contributed by atoms with Gasteiger partial charge >= 0.3 is 0 Å². The highest BCUT2D eigenvalue weighted by molar-refractivity contribution is 7.09. The molecule has 6 nitrogen and oxygen atoms in total. The van der Waals surface area contributed by atoms with E-state index >= 15 is 0 Å². The molecule has 4 rings (SSSR count). The van der Waals surface area contributed by atoms with E-state index in [1.165, 1.54) is 0 Å². The van der Waals surface area contributed by atoms with Crippen molar-refractivity contribution in [3.63, 3.8) is 0 Å². The minimum absolute atomic E-state index is 0.00732. The molecular formula is C18H19N5OS. The van der Waals surface area contributed by atoms with E-state index in [-0.39, 0.29) is 6.10 Å². The first kappa shape index (κ1) is 16.1. The monoisotopic (exact) mass is 353 g/mol. The van der Waals surface area contributed by atoms with Crippen LogP contribution in [0.4, 0.5) is 5.82 Å². The number of thiazole rings is 1. The fourth-order valence-electron chi connectivity index (χ4n) is 2.91. The number of aromatic nitrogens is 4. The molecule has 1 saturated heterocycles. The summed E-state index contributed by atoms with van der Waals surface area (Å²) in [5.74, 6) is 1.69. The zero-order valence-corrected chi connectivity index (χ0v) is 15.0. The van der Waals surface area contributed by atoms with Crippen LogP contribution in [0.5, 0.6) is 0 Å². The summed E-state index contributed by atoms with van der Waals surface area (Å²) in [7, 11) is 0. The highest BCUT2D eigenvalue weighted by atomic mass is 32.1. The molecule has 1 atom stereocenters. The summed E-state index contributed by atoms with van der Waals surface area (Å²) < 4.78 is 5.93. The van der Waals surface area contributed by atoms with Crippen molar-refractivity contribution in [3.05, 3.63) is 52.5 Å². The average molecular weight is 353 g/mol. The fraction of sp³-hybridized carbons (Fsp3) is 0.333. The summed E-state index contributed by atoms with van der Waals surface area (Å²) >= 11 is 1.65. The van der Waals surface area contributed by atoms with E-state index in [4.69, 9.17) is 4.74 Å². The van der Waals surface area contributed by atoms with Crippen molar-refractivity contribution in [2.24, 2.45) is 0 Å². The minimum Gasteiger partial charge on any atom is -0.367 e. The van der Waals surface area contributed by atoms with Gasteiger partial charge in [-0.2, -0.15) is 0 Å². The Morgan fingerprint density at radius 2 is 2.00 bits per heavy atom. The third-order valence-electron chi connectivity index (χ3n) is 4.10. The van der Waals surface area contributed by atoms with Gasteiger partial charge in [-0.15, -0.1) is 11.3 Å². The highest BCUT2D eigenvalue weighted by Gasteiger charge is 2.25. The van der Waals surface area contributed by atoms with Crippen LogP contribution in [0.25, 0.3) is 11.3 Å². The highest BCUT2D eigenvalue weighted by Crippen LogP contribution is 2.29. The molecule has 3 aromatic rings. The second-order valence-electron chi connectivity index (χ2n) is 6.03. The molecule has 0 amide bonds. The summed E-state index contributed by atoms with van der Waals surface area (Å²) in [5.41, 5.74) is 3.00. The van der Waals surface area contributed by atoms with E-state index in [2.05, 4.69) is 30.2 Å². The Kier molecular flexibility index (Phi) is 4.42. The quantitative estimate of drug-likeness (QED) is 0.720. The summed E-state index contributed by atoms with van der Waals surface area (Å²) in [4.78, 5) is 20.1. The van der Waals surface area contributed by atoms with Gasteiger partial charge in [-0.25, -0.2) is 15.0 Å². The van der Waals surface area contributed by atoms with Crippen molar-refractivity contribution in [1.29, 1.82) is 0 Å². The van der Waals surface area contributed by atoms with Gasteiger partial charge in [0.05, 0.1) is 18.8 Å². The molecule has 0 aliphatic carbocycles. The molecule has 0 unspecified atom stereocenters. The summed E-state index contributed by atoms with van der Waals surface area (Å²) in [6.07, 6.45) is 3.55. The van der Waals surface area contributed by atoms with Crippen LogP contribution in [-0.4, -0.2) is 39.6 Å². The van der Waals surface area contributed by atoms with Crippen molar-refractivity contribution in [3.8, 4) is 11.3 Å². The number of ether oxygens (including phenoxy) is 1. The first-order valence-corrected chi connectivity index (χ1v) is 9.11. The van der Waals surface area contributed by atoms with Crippen LogP contribution in [0.1, 0.15) is 22.6 Å². The predicted molar refractivity (Wildman–Crippen MR) is 97.8 cm³/mol. The van der Waals surface area contributed by atoms with E-state index in [9.17, 15) is 0 Å². The summed E-state index contributed by atoms with van der Waals surface area (Å²) in [6.45, 7) is 6.16. The van der Waals surface area contributed by atoms with Gasteiger partial charge in [-0.3, -0.25) is 4.98 Å². The molecule has 4 heterocycles. The number of rotatable bonds is 3. The van der Waals surface area contributed by atoms with Crippen molar-refractivity contribution in [2.45, 2.75) is 20.0 Å². The third kappa shape index (κ3) is 3.52. The van der Waals surface area contributed by atoms with Crippen LogP contribution < -0.4 is 4.90 Å². The van der Waals surface area contributed by atoms with Gasteiger partial charge in [-0.1, -0.05) is 0 Å². The van der Waals surface area contributed by atoms with Crippen molar-refractivity contribution in [1.82, 2.24) is 19.9 Å². The molecule has 0 radical (unpaired) electrons. The maximum absolute atomic E-state index is 5.93. The number of hydrogen-bond acceptors (Lipinski definition) is 7. The van der Waals surface area contributed by atoms with Gasteiger partial charge in [0.25, 0.3) is 0 Å². The van der Waals surface area contributed by atoms with Crippen LogP contribution in [0.2, 0.25) is 0 Å². The van der Waals surface area contributed by atoms with Gasteiger partial charge in [0, 0.05) is 41.6 Å². The molecule has 1 aliphatic heterocycles. The molecule has 0 aromatic carbocycles. The molecule has 25 heavy (non-hydrogen) atoms. The zero-order chi connectivity index (χ0) is 17.2. The smallest absolute Gasteiger partial charge is 0.133 e. The zero-order valence-electron chi connectivity index (χ0n) is 14.2. The molecule has 0 spiro atoms. The molecule has 1 fully saturated rings. The molecule has 0 saturated carbocycles. The molecular weight excluding hydrogens is 334 g/mol. The minimum atomic E-state index is -0.00732. The van der Waals surface area contributed by atoms with Crippen molar-refractivity contribution < 1.29 is 4.74 Å². The second kappa shape index (κ2) is 6.85. The Morgan fingerprint density at radius 3 is 2.76 bits per heavy atom. The number of pyridine rings is 1. The normalized spacial score (nSPS) is 17.7. The SMILES string of the molecule is Cc1csc([C@@H]2CN(c3cc(-c4ccncc4)nc(C)n3)CCO2)n1. The number of morpholine rings is 1. The standard InChI is InChI=1S/C18H19N5OS/c1-12-11-25-18(20-12)16-10-23(7-8-24-16)17-9-15(21-13(2)22-17)14-3-5-19-6-4-14/h3-6,9,11,16H,7-8,10H2,1-2H3/t16-/m0/s1. The van der Waals surface area contributed by atoms with Crippen LogP contribution >= 0.6 is 11.3 Å². The Hall–Kier alpha value is -2.38. The molecule has 3 aromatic heterocycles. The van der Waals surface area contributed by atoms with Gasteiger partial charge < -0.3 is 9.64 Å². The second-order valence-corrected chi connectivity index (χ2v) is 6.92. The van der Waals surface area contributed by atoms with Crippen molar-refractivity contribution in [2.75, 3.05) is 24.6 Å². The number of nitrogens with zero attached hydrogens (tertiary/aromatic N) is 5. The lowest BCUT2D eigenvalue weighted by Gasteiger charge is -2.33. The first-order chi connectivity index (χ1) is 12.2. The Balaban J connectivity index is 1.61. The predicted octanol–water partition coefficient (Wildman–Crippen LogP) is 3.19. The van der Waals surface area contributed by atoms with Crippen molar-refractivity contribution >= 4 is 17.2 Å². The molecule has 7 heteroatoms. The maximum Gasteiger partial charge on any atom is 0.133 e. The van der Waals surface area contributed by atoms with Crippen LogP contribution in [0.3, 0.4) is 0 Å². The third-order valence-corrected chi connectivity index (χ3v) is 5.16. The molecule has 128 valence electrons. The number of anilines is 1. The average Bonchev–Trinajstić information content (AvgIpc) is 3.08. The first-order valence-electron chi connectivity index (χ1n) is 8.24. The maximum atomic E-state index is 5.93. The van der Waals surface area contributed by atoms with E-state index in [0.29, 0.717) is 6.61 Å². The Morgan fingerprint density at radius 1 is 1.16 bits per heavy atom. The van der Waals surface area contributed by atoms with Gasteiger partial charge in [0.1, 0.15) is 22.8 Å². The molecule has 0 N–H and O–H groups in total. The van der Waals surface area contributed by atoms with Crippen LogP contribution in [0, 0.1) is 13.8 Å². The van der Waals surface area contributed by atoms with Crippen LogP contribution in [0.15, 0.2) is 36.0 Å². The summed E-state index contributed by atoms with van der Waals surface area (Å²) in [5, 5.41) is 3.09. The van der Waals surface area contributed by atoms with E-state index in [1.54, 1.807) is 23.7 Å². The summed E-state index contributed by atoms with van der Waals surface area (Å²) in [6, 6.07) is 5.97. The topological polar surface area (TPSA) is 64.0 Å². The van der Waals surface area contributed by atoms with E-state index < -0.39 is 0 Å². The lowest BCUT2D eigenvalue weighted by atomic mass is 10.2.